The van der Waals surface area contributed by atoms with Crippen LogP contribution in [0, 0.1) is 5.92 Å². The van der Waals surface area contributed by atoms with Crippen LogP contribution in [0.2, 0.25) is 5.02 Å². The summed E-state index contributed by atoms with van der Waals surface area (Å²) in [6.45, 7) is 2.10. The van der Waals surface area contributed by atoms with E-state index in [0.717, 1.165) is 37.2 Å². The van der Waals surface area contributed by atoms with Gasteiger partial charge in [0.25, 0.3) is 0 Å². The third kappa shape index (κ3) is 5.97. The van der Waals surface area contributed by atoms with Crippen LogP contribution in [0.1, 0.15) is 44.0 Å². The number of anilines is 2. The molecule has 0 radical (unpaired) electrons. The first-order valence-electron chi connectivity index (χ1n) is 12.5. The van der Waals surface area contributed by atoms with Crippen molar-refractivity contribution in [1.82, 2.24) is 30.2 Å². The number of hydrogen-bond acceptors (Lipinski definition) is 6. The average Bonchev–Trinajstić information content (AvgIpc) is 3.58. The van der Waals surface area contributed by atoms with E-state index in [0.29, 0.717) is 39.6 Å². The number of carbonyl (C=O) groups excluding carboxylic acids is 2. The Hall–Kier alpha value is -4.31. The molecule has 2 amide bonds. The SMILES string of the molecule is C[C@H]1CCCCc2ncc([nH]2)-c2c(NC(=O)C=Cc3cc(Cl)ccc3-n3cnnn3)cccc2NC(=O)C1. The molecule has 2 bridgehead atoms. The fourth-order valence-electron chi connectivity index (χ4n) is 4.55. The van der Waals surface area contributed by atoms with E-state index in [9.17, 15) is 9.59 Å². The highest BCUT2D eigenvalue weighted by atomic mass is 35.5. The maximum atomic E-state index is 13.1. The van der Waals surface area contributed by atoms with E-state index >= 15 is 0 Å². The summed E-state index contributed by atoms with van der Waals surface area (Å²) >= 11 is 6.19. The maximum absolute atomic E-state index is 13.1. The lowest BCUT2D eigenvalue weighted by Gasteiger charge is -2.16. The smallest absolute Gasteiger partial charge is 0.248 e. The number of nitrogens with one attached hydrogen (secondary N) is 3. The van der Waals surface area contributed by atoms with Gasteiger partial charge in [-0.1, -0.05) is 37.4 Å². The lowest BCUT2D eigenvalue weighted by molar-refractivity contribution is -0.117. The molecule has 1 aliphatic heterocycles. The number of imidazole rings is 1. The molecule has 4 aromatic rings. The number of H-pyrrole nitrogens is 1. The number of aromatic amines is 1. The number of nitrogens with zero attached hydrogens (tertiary/aromatic N) is 5. The van der Waals surface area contributed by atoms with Crippen molar-refractivity contribution < 1.29 is 9.59 Å². The minimum absolute atomic E-state index is 0.0582. The van der Waals surface area contributed by atoms with Crippen molar-refractivity contribution >= 4 is 40.9 Å². The van der Waals surface area contributed by atoms with E-state index < -0.39 is 0 Å². The minimum Gasteiger partial charge on any atom is -0.342 e. The molecule has 0 aliphatic carbocycles. The highest BCUT2D eigenvalue weighted by Gasteiger charge is 2.18. The molecule has 2 aromatic heterocycles. The zero-order valence-electron chi connectivity index (χ0n) is 20.8. The zero-order valence-corrected chi connectivity index (χ0v) is 21.6. The van der Waals surface area contributed by atoms with Gasteiger partial charge in [-0.15, -0.1) is 5.10 Å². The van der Waals surface area contributed by atoms with Crippen LogP contribution in [0.3, 0.4) is 0 Å². The quantitative estimate of drug-likeness (QED) is 0.316. The van der Waals surface area contributed by atoms with Crippen molar-refractivity contribution in [2.75, 3.05) is 10.6 Å². The molecule has 10 nitrogen and oxygen atoms in total. The van der Waals surface area contributed by atoms with Crippen molar-refractivity contribution in [3.8, 4) is 16.9 Å². The number of amides is 2. The molecule has 0 spiro atoms. The summed E-state index contributed by atoms with van der Waals surface area (Å²) in [4.78, 5) is 33.8. The van der Waals surface area contributed by atoms with Crippen molar-refractivity contribution in [2.24, 2.45) is 5.92 Å². The van der Waals surface area contributed by atoms with E-state index in [2.05, 4.69) is 43.1 Å². The minimum atomic E-state index is -0.358. The van der Waals surface area contributed by atoms with Gasteiger partial charge >= 0.3 is 0 Å². The van der Waals surface area contributed by atoms with E-state index in [1.165, 1.54) is 17.1 Å². The number of fused-ring (bicyclic) bond motifs is 4. The highest BCUT2D eigenvalue weighted by molar-refractivity contribution is 6.30. The summed E-state index contributed by atoms with van der Waals surface area (Å²) in [5, 5.41) is 17.8. The van der Waals surface area contributed by atoms with Crippen molar-refractivity contribution in [3.05, 3.63) is 71.4 Å². The normalized spacial score (nSPS) is 16.2. The van der Waals surface area contributed by atoms with Crippen LogP contribution >= 0.6 is 11.6 Å². The summed E-state index contributed by atoms with van der Waals surface area (Å²) < 4.78 is 1.49. The predicted molar refractivity (Wildman–Crippen MR) is 146 cm³/mol. The molecule has 3 N–H and O–H groups in total. The van der Waals surface area contributed by atoms with Gasteiger partial charge in [0.1, 0.15) is 12.2 Å². The Morgan fingerprint density at radius 1 is 1.24 bits per heavy atom. The Kier molecular flexibility index (Phi) is 7.60. The first kappa shape index (κ1) is 25.3. The van der Waals surface area contributed by atoms with Crippen LogP contribution in [0.5, 0.6) is 0 Å². The van der Waals surface area contributed by atoms with Crippen LogP contribution in [0.15, 0.2) is 55.0 Å². The standard InChI is InChI=1S/C27H27ClN8O2/c1-17-5-2-3-8-24-29-15-22(31-24)27-20(6-4-7-21(27)33-26(38)13-17)32-25(37)12-9-18-14-19(28)10-11-23(18)36-16-30-34-35-36/h4,6-7,9-12,14-17H,2-3,5,8,13H2,1H3,(H,29,31)(H,32,37)(H,33,38)/t17-/m0/s1. The molecule has 5 rings (SSSR count). The van der Waals surface area contributed by atoms with Crippen LogP contribution in [-0.4, -0.2) is 42.0 Å². The fraction of sp³-hybridized carbons (Fsp3) is 0.259. The Morgan fingerprint density at radius 2 is 2.13 bits per heavy atom. The number of halogens is 1. The lowest BCUT2D eigenvalue weighted by atomic mass is 9.99. The van der Waals surface area contributed by atoms with Crippen LogP contribution in [0.25, 0.3) is 23.0 Å². The second-order valence-corrected chi connectivity index (χ2v) is 9.79. The number of aryl methyl sites for hydroxylation is 1. The molecule has 1 atom stereocenters. The molecule has 2 aromatic carbocycles. The van der Waals surface area contributed by atoms with Gasteiger partial charge in [0.2, 0.25) is 11.8 Å². The van der Waals surface area contributed by atoms with E-state index in [-0.39, 0.29) is 17.7 Å². The molecule has 0 saturated heterocycles. The largest absolute Gasteiger partial charge is 0.342 e. The Labute approximate surface area is 224 Å². The van der Waals surface area contributed by atoms with Gasteiger partial charge in [0.05, 0.1) is 29.0 Å². The third-order valence-corrected chi connectivity index (χ3v) is 6.62. The Bertz CT molecular complexity index is 1480. The van der Waals surface area contributed by atoms with Gasteiger partial charge in [-0.05, 0) is 59.2 Å². The number of tetrazole rings is 1. The molecular weight excluding hydrogens is 504 g/mol. The van der Waals surface area contributed by atoms with Gasteiger partial charge in [0, 0.05) is 35.1 Å². The summed E-state index contributed by atoms with van der Waals surface area (Å²) in [5.74, 6) is 0.741. The van der Waals surface area contributed by atoms with E-state index in [1.54, 1.807) is 42.6 Å². The molecule has 38 heavy (non-hydrogen) atoms. The van der Waals surface area contributed by atoms with Crippen LogP contribution < -0.4 is 10.6 Å². The summed E-state index contributed by atoms with van der Waals surface area (Å²) in [6.07, 6.45) is 10.5. The van der Waals surface area contributed by atoms with E-state index in [1.807, 2.05) is 6.07 Å². The molecule has 0 saturated carbocycles. The average molecular weight is 531 g/mol. The summed E-state index contributed by atoms with van der Waals surface area (Å²) in [6, 6.07) is 10.6. The Morgan fingerprint density at radius 3 is 2.97 bits per heavy atom. The van der Waals surface area contributed by atoms with Crippen LogP contribution in [0.4, 0.5) is 11.4 Å². The van der Waals surface area contributed by atoms with Gasteiger partial charge in [-0.25, -0.2) is 4.98 Å². The third-order valence-electron chi connectivity index (χ3n) is 6.39. The molecule has 0 fully saturated rings. The van der Waals surface area contributed by atoms with Gasteiger partial charge in [0.15, 0.2) is 0 Å². The monoisotopic (exact) mass is 530 g/mol. The Balaban J connectivity index is 1.45. The van der Waals surface area contributed by atoms with Crippen molar-refractivity contribution in [2.45, 2.75) is 39.0 Å². The number of aromatic nitrogens is 6. The number of rotatable bonds is 4. The first-order valence-corrected chi connectivity index (χ1v) is 12.8. The maximum Gasteiger partial charge on any atom is 0.248 e. The van der Waals surface area contributed by atoms with Crippen LogP contribution in [-0.2, 0) is 16.0 Å². The molecule has 0 unspecified atom stereocenters. The molecule has 11 heteroatoms. The number of hydrogen-bond donors (Lipinski definition) is 3. The zero-order chi connectivity index (χ0) is 26.5. The van der Waals surface area contributed by atoms with Crippen molar-refractivity contribution in [3.63, 3.8) is 0 Å². The highest BCUT2D eigenvalue weighted by Crippen LogP contribution is 2.35. The molecule has 1 aliphatic rings. The number of carbonyl (C=O) groups is 2. The van der Waals surface area contributed by atoms with Gasteiger partial charge < -0.3 is 15.6 Å². The lowest BCUT2D eigenvalue weighted by Crippen LogP contribution is -2.17. The summed E-state index contributed by atoms with van der Waals surface area (Å²) in [5.41, 5.74) is 3.88. The van der Waals surface area contributed by atoms with E-state index in [4.69, 9.17) is 11.6 Å². The second kappa shape index (κ2) is 11.4. The molecule has 3 heterocycles. The fourth-order valence-corrected chi connectivity index (χ4v) is 4.73. The molecular formula is C27H27ClN8O2. The van der Waals surface area contributed by atoms with Gasteiger partial charge in [-0.3, -0.25) is 9.59 Å². The second-order valence-electron chi connectivity index (χ2n) is 9.36. The van der Waals surface area contributed by atoms with Gasteiger partial charge in [-0.2, -0.15) is 4.68 Å². The predicted octanol–water partition coefficient (Wildman–Crippen LogP) is 5.05. The first-order chi connectivity index (χ1) is 18.5. The molecule has 194 valence electrons. The number of benzene rings is 2. The summed E-state index contributed by atoms with van der Waals surface area (Å²) in [7, 11) is 0. The van der Waals surface area contributed by atoms with Crippen molar-refractivity contribution in [1.29, 1.82) is 0 Å². The topological polar surface area (TPSA) is 130 Å².